The summed E-state index contributed by atoms with van der Waals surface area (Å²) in [5, 5.41) is 4.05. The molecular formula is C22H25FN6O2. The van der Waals surface area contributed by atoms with E-state index in [1.807, 2.05) is 23.8 Å². The zero-order valence-electron chi connectivity index (χ0n) is 17.7. The smallest absolute Gasteiger partial charge is 0.236 e. The molecule has 4 rings (SSSR count). The third kappa shape index (κ3) is 4.77. The maximum absolute atomic E-state index is 13.9. The van der Waals surface area contributed by atoms with Crippen molar-refractivity contribution in [2.75, 3.05) is 26.7 Å². The van der Waals surface area contributed by atoms with Gasteiger partial charge < -0.3 is 9.42 Å². The number of likely N-dealkylation sites (tertiary alicyclic amines) is 1. The third-order valence-electron chi connectivity index (χ3n) is 5.49. The lowest BCUT2D eigenvalue weighted by atomic mass is 10.00. The molecule has 1 amide bonds. The summed E-state index contributed by atoms with van der Waals surface area (Å²) in [7, 11) is 1.82. The Hall–Kier alpha value is -3.20. The van der Waals surface area contributed by atoms with Gasteiger partial charge >= 0.3 is 0 Å². The van der Waals surface area contributed by atoms with Gasteiger partial charge in [-0.05, 0) is 19.5 Å². The number of aromatic nitrogens is 4. The van der Waals surface area contributed by atoms with E-state index in [9.17, 15) is 9.18 Å². The van der Waals surface area contributed by atoms with E-state index in [-0.39, 0.29) is 24.2 Å². The van der Waals surface area contributed by atoms with Crippen LogP contribution >= 0.6 is 0 Å². The normalized spacial score (nSPS) is 16.3. The first kappa shape index (κ1) is 21.0. The van der Waals surface area contributed by atoms with Crippen molar-refractivity contribution in [2.24, 2.45) is 0 Å². The van der Waals surface area contributed by atoms with E-state index in [0.29, 0.717) is 43.3 Å². The van der Waals surface area contributed by atoms with Crippen LogP contribution in [0.3, 0.4) is 0 Å². The molecule has 1 unspecified atom stereocenters. The number of rotatable bonds is 7. The fraction of sp³-hybridized carbons (Fsp3) is 0.409. The molecule has 162 valence electrons. The molecule has 1 saturated heterocycles. The predicted octanol–water partition coefficient (Wildman–Crippen LogP) is 2.68. The molecule has 0 aliphatic carbocycles. The van der Waals surface area contributed by atoms with E-state index in [2.05, 4.69) is 20.1 Å². The zero-order chi connectivity index (χ0) is 21.8. The highest BCUT2D eigenvalue weighted by Crippen LogP contribution is 2.31. The number of aryl methyl sites for hydroxylation is 1. The maximum atomic E-state index is 13.9. The minimum Gasteiger partial charge on any atom is -0.341 e. The van der Waals surface area contributed by atoms with Gasteiger partial charge in [0, 0.05) is 43.7 Å². The molecule has 1 aliphatic heterocycles. The Bertz CT molecular complexity index is 1060. The van der Waals surface area contributed by atoms with E-state index >= 15 is 0 Å². The quantitative estimate of drug-likeness (QED) is 0.576. The highest BCUT2D eigenvalue weighted by Gasteiger charge is 2.31. The lowest BCUT2D eigenvalue weighted by molar-refractivity contribution is -0.131. The number of nitrogens with zero attached hydrogens (tertiary/aromatic N) is 6. The van der Waals surface area contributed by atoms with Gasteiger partial charge in [0.1, 0.15) is 12.1 Å². The summed E-state index contributed by atoms with van der Waals surface area (Å²) in [6.07, 6.45) is 4.65. The number of carbonyl (C=O) groups excluding carboxylic acids is 1. The summed E-state index contributed by atoms with van der Waals surface area (Å²) in [6, 6.07) is 6.63. The molecule has 2 aromatic heterocycles. The number of likely N-dealkylation sites (N-methyl/N-ethyl adjacent to an activating group) is 1. The standard InChI is InChI=1S/C22H25FN6O2/c1-3-19-26-22(27-31-19)17-10-24-14-25-21(17)16-8-9-29(12-16)20(30)13-28(2)11-15-6-4-5-7-18(15)23/h4-7,10,14,16H,3,8-9,11-13H2,1-2H3. The molecule has 1 aliphatic rings. The SMILES string of the molecule is CCc1nc(-c2cncnc2C2CCN(C(=O)CN(C)Cc3ccccc3F)C2)no1. The van der Waals surface area contributed by atoms with Crippen LogP contribution in [0.1, 0.15) is 36.4 Å². The highest BCUT2D eigenvalue weighted by molar-refractivity contribution is 5.78. The van der Waals surface area contributed by atoms with Gasteiger partial charge in [0.2, 0.25) is 17.6 Å². The molecule has 3 heterocycles. The average Bonchev–Trinajstić information content (AvgIpc) is 3.45. The van der Waals surface area contributed by atoms with Crippen molar-refractivity contribution in [3.63, 3.8) is 0 Å². The second-order valence-electron chi connectivity index (χ2n) is 7.78. The van der Waals surface area contributed by atoms with Gasteiger partial charge in [-0.15, -0.1) is 0 Å². The molecule has 3 aromatic rings. The number of hydrogen-bond donors (Lipinski definition) is 0. The topological polar surface area (TPSA) is 88.3 Å². The van der Waals surface area contributed by atoms with Crippen LogP contribution in [0.15, 0.2) is 41.3 Å². The summed E-state index contributed by atoms with van der Waals surface area (Å²) in [5.74, 6) is 0.868. The number of benzene rings is 1. The minimum absolute atomic E-state index is 0.0183. The lowest BCUT2D eigenvalue weighted by Crippen LogP contribution is -2.37. The van der Waals surface area contributed by atoms with Gasteiger partial charge in [-0.25, -0.2) is 14.4 Å². The first-order valence-electron chi connectivity index (χ1n) is 10.4. The minimum atomic E-state index is -0.257. The average molecular weight is 424 g/mol. The maximum Gasteiger partial charge on any atom is 0.236 e. The van der Waals surface area contributed by atoms with Gasteiger partial charge in [0.15, 0.2) is 0 Å². The van der Waals surface area contributed by atoms with Crippen LogP contribution in [0.4, 0.5) is 4.39 Å². The van der Waals surface area contributed by atoms with Crippen molar-refractivity contribution < 1.29 is 13.7 Å². The second kappa shape index (κ2) is 9.30. The largest absolute Gasteiger partial charge is 0.341 e. The molecule has 0 bridgehead atoms. The molecule has 1 aromatic carbocycles. The van der Waals surface area contributed by atoms with Gasteiger partial charge in [-0.1, -0.05) is 30.3 Å². The van der Waals surface area contributed by atoms with Crippen molar-refractivity contribution in [2.45, 2.75) is 32.2 Å². The lowest BCUT2D eigenvalue weighted by Gasteiger charge is -2.22. The van der Waals surface area contributed by atoms with E-state index < -0.39 is 0 Å². The van der Waals surface area contributed by atoms with Crippen molar-refractivity contribution in [1.29, 1.82) is 0 Å². The first-order chi connectivity index (χ1) is 15.0. The van der Waals surface area contributed by atoms with Crippen LogP contribution in [0.2, 0.25) is 0 Å². The van der Waals surface area contributed by atoms with Crippen LogP contribution in [-0.2, 0) is 17.8 Å². The zero-order valence-corrected chi connectivity index (χ0v) is 17.7. The Labute approximate surface area is 180 Å². The molecule has 0 N–H and O–H groups in total. The van der Waals surface area contributed by atoms with Crippen molar-refractivity contribution in [1.82, 2.24) is 29.9 Å². The Morgan fingerprint density at radius 1 is 1.35 bits per heavy atom. The molecule has 0 saturated carbocycles. The van der Waals surface area contributed by atoms with Crippen LogP contribution in [0.5, 0.6) is 0 Å². The fourth-order valence-corrected chi connectivity index (χ4v) is 3.86. The van der Waals surface area contributed by atoms with Crippen molar-refractivity contribution >= 4 is 5.91 Å². The summed E-state index contributed by atoms with van der Waals surface area (Å²) < 4.78 is 19.1. The molecule has 31 heavy (non-hydrogen) atoms. The van der Waals surface area contributed by atoms with E-state index in [0.717, 1.165) is 17.7 Å². The summed E-state index contributed by atoms with van der Waals surface area (Å²) in [4.78, 5) is 29.5. The van der Waals surface area contributed by atoms with Crippen LogP contribution in [-0.4, -0.2) is 62.5 Å². The van der Waals surface area contributed by atoms with Crippen molar-refractivity contribution in [3.8, 4) is 11.4 Å². The Morgan fingerprint density at radius 2 is 2.19 bits per heavy atom. The predicted molar refractivity (Wildman–Crippen MR) is 111 cm³/mol. The molecule has 1 atom stereocenters. The fourth-order valence-electron chi connectivity index (χ4n) is 3.86. The van der Waals surface area contributed by atoms with Gasteiger partial charge in [-0.2, -0.15) is 4.98 Å². The van der Waals surface area contributed by atoms with Gasteiger partial charge in [0.05, 0.1) is 17.8 Å². The molecule has 9 heteroatoms. The number of hydrogen-bond acceptors (Lipinski definition) is 7. The molecule has 0 radical (unpaired) electrons. The monoisotopic (exact) mass is 424 g/mol. The van der Waals surface area contributed by atoms with Crippen molar-refractivity contribution in [3.05, 3.63) is 59.8 Å². The molecular weight excluding hydrogens is 399 g/mol. The molecule has 1 fully saturated rings. The van der Waals surface area contributed by atoms with Gasteiger partial charge in [-0.3, -0.25) is 9.69 Å². The first-order valence-corrected chi connectivity index (χ1v) is 10.4. The summed E-state index contributed by atoms with van der Waals surface area (Å²) >= 11 is 0. The third-order valence-corrected chi connectivity index (χ3v) is 5.49. The molecule has 8 nitrogen and oxygen atoms in total. The van der Waals surface area contributed by atoms with Crippen LogP contribution in [0.25, 0.3) is 11.4 Å². The Morgan fingerprint density at radius 3 is 2.97 bits per heavy atom. The second-order valence-corrected chi connectivity index (χ2v) is 7.78. The van der Waals surface area contributed by atoms with Gasteiger partial charge in [0.25, 0.3) is 0 Å². The van der Waals surface area contributed by atoms with E-state index in [1.165, 1.54) is 12.4 Å². The number of amides is 1. The molecule has 0 spiro atoms. The van der Waals surface area contributed by atoms with E-state index in [1.54, 1.807) is 24.4 Å². The van der Waals surface area contributed by atoms with E-state index in [4.69, 9.17) is 4.52 Å². The Balaban J connectivity index is 1.40. The highest BCUT2D eigenvalue weighted by atomic mass is 19.1. The Kier molecular flexibility index (Phi) is 6.31. The number of carbonyl (C=O) groups is 1. The van der Waals surface area contributed by atoms with Crippen LogP contribution in [0, 0.1) is 5.82 Å². The number of halogens is 1. The summed E-state index contributed by atoms with van der Waals surface area (Å²) in [6.45, 7) is 3.76. The summed E-state index contributed by atoms with van der Waals surface area (Å²) in [5.41, 5.74) is 2.14. The van der Waals surface area contributed by atoms with Crippen LogP contribution < -0.4 is 0 Å².